The number of benzene rings is 1. The van der Waals surface area contributed by atoms with Gasteiger partial charge in [0.25, 0.3) is 0 Å². The molecule has 2 heterocycles. The predicted octanol–water partition coefficient (Wildman–Crippen LogP) is 3.79. The molecule has 0 unspecified atom stereocenters. The maximum atomic E-state index is 6.08. The van der Waals surface area contributed by atoms with Crippen LogP contribution in [0.4, 0.5) is 10.8 Å². The molecule has 0 atom stereocenters. The fraction of sp³-hybridized carbons (Fsp3) is 0.200. The van der Waals surface area contributed by atoms with E-state index in [1.165, 1.54) is 16.4 Å². The van der Waals surface area contributed by atoms with Crippen molar-refractivity contribution in [2.24, 2.45) is 0 Å². The minimum atomic E-state index is 0.592. The molecular weight excluding hydrogens is 300 g/mol. The first kappa shape index (κ1) is 14.0. The van der Waals surface area contributed by atoms with E-state index in [0.29, 0.717) is 5.82 Å². The minimum Gasteiger partial charge on any atom is -0.382 e. The molecule has 0 fully saturated rings. The zero-order valence-electron chi connectivity index (χ0n) is 11.9. The first-order valence-electron chi connectivity index (χ1n) is 6.57. The van der Waals surface area contributed by atoms with Crippen LogP contribution in [0.5, 0.6) is 0 Å². The number of rotatable bonds is 4. The lowest BCUT2D eigenvalue weighted by Crippen LogP contribution is -2.15. The number of aryl methyl sites for hydroxylation is 1. The van der Waals surface area contributed by atoms with Crippen molar-refractivity contribution in [3.63, 3.8) is 0 Å². The van der Waals surface area contributed by atoms with Crippen LogP contribution >= 0.6 is 22.9 Å². The van der Waals surface area contributed by atoms with Crippen LogP contribution in [0.3, 0.4) is 0 Å². The van der Waals surface area contributed by atoms with Gasteiger partial charge in [-0.2, -0.15) is 4.37 Å². The van der Waals surface area contributed by atoms with Crippen molar-refractivity contribution in [3.8, 4) is 11.1 Å². The van der Waals surface area contributed by atoms with Crippen LogP contribution in [0.1, 0.15) is 10.6 Å². The van der Waals surface area contributed by atoms with Crippen LogP contribution in [0.2, 0.25) is 0 Å². The Hall–Kier alpha value is -1.92. The molecule has 0 saturated heterocycles. The van der Waals surface area contributed by atoms with Crippen molar-refractivity contribution in [3.05, 3.63) is 46.4 Å². The second-order valence-corrected chi connectivity index (χ2v) is 6.52. The van der Waals surface area contributed by atoms with E-state index in [1.54, 1.807) is 11.3 Å². The number of hydrogen-bond donors (Lipinski definition) is 1. The van der Waals surface area contributed by atoms with Gasteiger partial charge in [0.1, 0.15) is 10.8 Å². The summed E-state index contributed by atoms with van der Waals surface area (Å²) >= 11 is 3.12. The lowest BCUT2D eigenvalue weighted by Gasteiger charge is -2.18. The standard InChI is InChI=1S/C15H16N4S2/c1-10-12(20-9-17-10)8-19(2)15-13(14(16)18-21-15)11-6-4-3-5-7-11/h3-7,9H,8H2,1-2H3,(H2,16,18). The van der Waals surface area contributed by atoms with E-state index in [-0.39, 0.29) is 0 Å². The number of hydrogen-bond acceptors (Lipinski definition) is 6. The Morgan fingerprint density at radius 1 is 1.24 bits per heavy atom. The summed E-state index contributed by atoms with van der Waals surface area (Å²) < 4.78 is 4.33. The molecule has 0 aliphatic heterocycles. The molecule has 6 heteroatoms. The normalized spacial score (nSPS) is 10.8. The van der Waals surface area contributed by atoms with Gasteiger partial charge >= 0.3 is 0 Å². The quantitative estimate of drug-likeness (QED) is 0.795. The molecule has 1 aromatic carbocycles. The Bertz CT molecular complexity index is 733. The second kappa shape index (κ2) is 5.83. The molecule has 0 saturated carbocycles. The van der Waals surface area contributed by atoms with Gasteiger partial charge in [-0.25, -0.2) is 4.98 Å². The SMILES string of the molecule is Cc1ncsc1CN(C)c1snc(N)c1-c1ccccc1. The molecule has 3 rings (SSSR count). The highest BCUT2D eigenvalue weighted by atomic mass is 32.1. The third-order valence-electron chi connectivity index (χ3n) is 3.34. The molecule has 2 aromatic heterocycles. The summed E-state index contributed by atoms with van der Waals surface area (Å²) in [6.45, 7) is 2.86. The number of nitrogens with two attached hydrogens (primary N) is 1. The molecule has 0 radical (unpaired) electrons. The van der Waals surface area contributed by atoms with Crippen LogP contribution in [0.25, 0.3) is 11.1 Å². The van der Waals surface area contributed by atoms with E-state index < -0.39 is 0 Å². The number of anilines is 2. The summed E-state index contributed by atoms with van der Waals surface area (Å²) in [5, 5.41) is 1.09. The summed E-state index contributed by atoms with van der Waals surface area (Å²) in [5.41, 5.74) is 11.2. The van der Waals surface area contributed by atoms with E-state index in [0.717, 1.165) is 28.4 Å². The Morgan fingerprint density at radius 3 is 2.67 bits per heavy atom. The molecule has 2 N–H and O–H groups in total. The van der Waals surface area contributed by atoms with E-state index in [2.05, 4.69) is 33.4 Å². The Balaban J connectivity index is 1.94. The van der Waals surface area contributed by atoms with Gasteiger partial charge in [-0.05, 0) is 24.0 Å². The summed E-state index contributed by atoms with van der Waals surface area (Å²) in [7, 11) is 2.07. The molecule has 4 nitrogen and oxygen atoms in total. The van der Waals surface area contributed by atoms with Crippen LogP contribution in [-0.2, 0) is 6.54 Å². The molecule has 21 heavy (non-hydrogen) atoms. The molecule has 0 aliphatic rings. The molecule has 0 aliphatic carbocycles. The van der Waals surface area contributed by atoms with Gasteiger partial charge in [0, 0.05) is 11.9 Å². The maximum absolute atomic E-state index is 6.08. The molecule has 0 bridgehead atoms. The first-order chi connectivity index (χ1) is 10.2. The third-order valence-corrected chi connectivity index (χ3v) is 5.23. The number of nitrogens with zero attached hydrogens (tertiary/aromatic N) is 3. The average molecular weight is 316 g/mol. The van der Waals surface area contributed by atoms with Crippen molar-refractivity contribution in [1.82, 2.24) is 9.36 Å². The minimum absolute atomic E-state index is 0.592. The van der Waals surface area contributed by atoms with Gasteiger partial charge in [0.2, 0.25) is 0 Å². The monoisotopic (exact) mass is 316 g/mol. The van der Waals surface area contributed by atoms with Gasteiger partial charge in [-0.15, -0.1) is 11.3 Å². The molecular formula is C15H16N4S2. The topological polar surface area (TPSA) is 55.0 Å². The van der Waals surface area contributed by atoms with Crippen molar-refractivity contribution >= 4 is 33.7 Å². The van der Waals surface area contributed by atoms with Crippen molar-refractivity contribution < 1.29 is 0 Å². The van der Waals surface area contributed by atoms with Crippen molar-refractivity contribution in [2.75, 3.05) is 17.7 Å². The smallest absolute Gasteiger partial charge is 0.147 e. The third kappa shape index (κ3) is 2.77. The number of aromatic nitrogens is 2. The van der Waals surface area contributed by atoms with E-state index in [4.69, 9.17) is 5.73 Å². The predicted molar refractivity (Wildman–Crippen MR) is 90.9 cm³/mol. The van der Waals surface area contributed by atoms with E-state index >= 15 is 0 Å². The summed E-state index contributed by atoms with van der Waals surface area (Å²) in [5.74, 6) is 0.592. The zero-order valence-corrected chi connectivity index (χ0v) is 13.5. The van der Waals surface area contributed by atoms with Crippen LogP contribution < -0.4 is 10.6 Å². The van der Waals surface area contributed by atoms with Gasteiger partial charge in [-0.3, -0.25) is 0 Å². The Kier molecular flexibility index (Phi) is 3.90. The highest BCUT2D eigenvalue weighted by Crippen LogP contribution is 2.39. The summed E-state index contributed by atoms with van der Waals surface area (Å²) in [6, 6.07) is 10.2. The van der Waals surface area contributed by atoms with E-state index in [1.807, 2.05) is 30.6 Å². The van der Waals surface area contributed by atoms with Crippen LogP contribution in [0, 0.1) is 6.92 Å². The molecule has 0 amide bonds. The molecule has 108 valence electrons. The highest BCUT2D eigenvalue weighted by molar-refractivity contribution is 7.11. The Morgan fingerprint density at radius 2 is 2.00 bits per heavy atom. The fourth-order valence-corrected chi connectivity index (χ4v) is 3.82. The summed E-state index contributed by atoms with van der Waals surface area (Å²) in [6.07, 6.45) is 0. The van der Waals surface area contributed by atoms with Crippen LogP contribution in [0.15, 0.2) is 35.8 Å². The van der Waals surface area contributed by atoms with Gasteiger partial charge < -0.3 is 10.6 Å². The average Bonchev–Trinajstić information content (AvgIpc) is 3.06. The lowest BCUT2D eigenvalue weighted by atomic mass is 10.1. The first-order valence-corrected chi connectivity index (χ1v) is 8.22. The molecule has 3 aromatic rings. The number of nitrogen functional groups attached to an aromatic ring is 1. The highest BCUT2D eigenvalue weighted by Gasteiger charge is 2.18. The second-order valence-electron chi connectivity index (χ2n) is 4.83. The molecule has 0 spiro atoms. The lowest BCUT2D eigenvalue weighted by molar-refractivity contribution is 0.938. The Labute approximate surface area is 132 Å². The summed E-state index contributed by atoms with van der Waals surface area (Å²) in [4.78, 5) is 7.76. The van der Waals surface area contributed by atoms with Crippen LogP contribution in [-0.4, -0.2) is 16.4 Å². The van der Waals surface area contributed by atoms with Crippen molar-refractivity contribution in [1.29, 1.82) is 0 Å². The number of thiazole rings is 1. The zero-order chi connectivity index (χ0) is 14.8. The van der Waals surface area contributed by atoms with Gasteiger partial charge in [0.15, 0.2) is 0 Å². The van der Waals surface area contributed by atoms with E-state index in [9.17, 15) is 0 Å². The van der Waals surface area contributed by atoms with Gasteiger partial charge in [-0.1, -0.05) is 30.3 Å². The largest absolute Gasteiger partial charge is 0.382 e. The maximum Gasteiger partial charge on any atom is 0.147 e. The fourth-order valence-electron chi connectivity index (χ4n) is 2.20. The van der Waals surface area contributed by atoms with Crippen molar-refractivity contribution in [2.45, 2.75) is 13.5 Å². The van der Waals surface area contributed by atoms with Gasteiger partial charge in [0.05, 0.1) is 23.3 Å².